The van der Waals surface area contributed by atoms with Crippen molar-refractivity contribution in [2.75, 3.05) is 17.7 Å². The summed E-state index contributed by atoms with van der Waals surface area (Å²) >= 11 is 5.00. The molecule has 4 aromatic carbocycles. The molecule has 0 aliphatic carbocycles. The molecule has 0 fully saturated rings. The van der Waals surface area contributed by atoms with Crippen LogP contribution in [0.1, 0.15) is 11.1 Å². The van der Waals surface area contributed by atoms with E-state index in [1.54, 1.807) is 11.8 Å². The molecule has 4 rings (SSSR count). The van der Waals surface area contributed by atoms with E-state index < -0.39 is 12.1 Å². The highest BCUT2D eigenvalue weighted by atomic mass is 79.9. The van der Waals surface area contributed by atoms with Crippen molar-refractivity contribution in [3.63, 3.8) is 0 Å². The molecule has 1 atom stereocenters. The van der Waals surface area contributed by atoms with Crippen molar-refractivity contribution in [3.05, 3.63) is 113 Å². The number of halogens is 1. The highest BCUT2D eigenvalue weighted by Crippen LogP contribution is 2.20. The van der Waals surface area contributed by atoms with Gasteiger partial charge in [-0.3, -0.25) is 4.79 Å². The Kier molecular flexibility index (Phi) is 9.41. The number of benzene rings is 4. The zero-order valence-electron chi connectivity index (χ0n) is 19.7. The topological polar surface area (TPSA) is 67.4 Å². The number of nitrogens with one attached hydrogen (secondary N) is 2. The van der Waals surface area contributed by atoms with Crippen molar-refractivity contribution in [2.45, 2.75) is 18.2 Å². The van der Waals surface area contributed by atoms with Crippen molar-refractivity contribution in [3.8, 4) is 0 Å². The van der Waals surface area contributed by atoms with Crippen LogP contribution in [0.25, 0.3) is 10.8 Å². The van der Waals surface area contributed by atoms with Gasteiger partial charge in [0.15, 0.2) is 0 Å². The second-order valence-electron chi connectivity index (χ2n) is 8.26. The Balaban J connectivity index is 1.36. The lowest BCUT2D eigenvalue weighted by atomic mass is 10.1. The number of fused-ring (bicyclic) bond motifs is 1. The lowest BCUT2D eigenvalue weighted by molar-refractivity contribution is -0.117. The summed E-state index contributed by atoms with van der Waals surface area (Å²) in [6.07, 6.45) is -0.0108. The van der Waals surface area contributed by atoms with E-state index in [2.05, 4.69) is 26.6 Å². The number of ether oxygens (including phenoxy) is 1. The zero-order chi connectivity index (χ0) is 25.2. The molecule has 4 aromatic rings. The van der Waals surface area contributed by atoms with Crippen LogP contribution in [0.2, 0.25) is 0 Å². The average molecular weight is 564 g/mol. The minimum atomic E-state index is -0.745. The molecule has 1 unspecified atom stereocenters. The molecule has 5 nitrogen and oxygen atoms in total. The molecule has 0 bridgehead atoms. The summed E-state index contributed by atoms with van der Waals surface area (Å²) < 4.78 is 6.38. The van der Waals surface area contributed by atoms with Crippen molar-refractivity contribution in [1.29, 1.82) is 0 Å². The number of hydrogen-bond donors (Lipinski definition) is 2. The van der Waals surface area contributed by atoms with E-state index in [0.717, 1.165) is 32.1 Å². The molecule has 0 saturated heterocycles. The minimum absolute atomic E-state index is 0.226. The second kappa shape index (κ2) is 13.1. The van der Waals surface area contributed by atoms with Gasteiger partial charge in [-0.15, -0.1) is 0 Å². The fourth-order valence-corrected chi connectivity index (χ4v) is 4.93. The van der Waals surface area contributed by atoms with Crippen LogP contribution in [0, 0.1) is 0 Å². The van der Waals surface area contributed by atoms with Crippen LogP contribution in [0.5, 0.6) is 0 Å². The predicted octanol–water partition coefficient (Wildman–Crippen LogP) is 6.81. The Labute approximate surface area is 223 Å². The number of thioether (sulfide) groups is 1. The molecule has 7 heteroatoms. The van der Waals surface area contributed by atoms with Gasteiger partial charge >= 0.3 is 6.09 Å². The maximum atomic E-state index is 13.2. The van der Waals surface area contributed by atoms with Gasteiger partial charge < -0.3 is 15.4 Å². The Bertz CT molecular complexity index is 1300. The molecule has 0 saturated carbocycles. The number of hydrogen-bond acceptors (Lipinski definition) is 4. The molecular formula is C29H27BrN2O3S. The number of amides is 2. The summed E-state index contributed by atoms with van der Waals surface area (Å²) in [5.74, 6) is 0.868. The summed E-state index contributed by atoms with van der Waals surface area (Å²) in [5, 5.41) is 7.83. The number of rotatable bonds is 10. The molecule has 2 N–H and O–H groups in total. The molecule has 36 heavy (non-hydrogen) atoms. The monoisotopic (exact) mass is 562 g/mol. The van der Waals surface area contributed by atoms with Gasteiger partial charge in [-0.05, 0) is 46.2 Å². The van der Waals surface area contributed by atoms with Gasteiger partial charge in [0.05, 0.1) is 6.61 Å². The van der Waals surface area contributed by atoms with Crippen molar-refractivity contribution >= 4 is 56.2 Å². The molecule has 184 valence electrons. The molecule has 0 aliphatic heterocycles. The highest BCUT2D eigenvalue weighted by Gasteiger charge is 2.22. The normalized spacial score (nSPS) is 11.6. The standard InChI is InChI=1S/C29H27BrN2O3S/c30-25-13-10-21(11-14-25)16-17-35-29(34)32-27(20-36-19-22-6-2-1-3-7-22)28(33)31-26-15-12-23-8-4-5-9-24(23)18-26/h1-15,18,27H,16-17,19-20H2,(H,31,33)(H,32,34). The first kappa shape index (κ1) is 25.8. The summed E-state index contributed by atoms with van der Waals surface area (Å²) in [6.45, 7) is 0.226. The number of carbonyl (C=O) groups is 2. The first-order chi connectivity index (χ1) is 17.6. The van der Waals surface area contributed by atoms with E-state index in [9.17, 15) is 9.59 Å². The number of carbonyl (C=O) groups excluding carboxylic acids is 2. The summed E-state index contributed by atoms with van der Waals surface area (Å²) in [5.41, 5.74) is 2.91. The van der Waals surface area contributed by atoms with E-state index in [1.165, 1.54) is 0 Å². The van der Waals surface area contributed by atoms with Gasteiger partial charge in [0.25, 0.3) is 0 Å². The first-order valence-corrected chi connectivity index (χ1v) is 13.6. The molecule has 0 aliphatic rings. The number of anilines is 1. The second-order valence-corrected chi connectivity index (χ2v) is 10.2. The summed E-state index contributed by atoms with van der Waals surface area (Å²) in [6, 6.07) is 30.9. The van der Waals surface area contributed by atoms with E-state index in [0.29, 0.717) is 17.9 Å². The van der Waals surface area contributed by atoms with Crippen molar-refractivity contribution in [1.82, 2.24) is 5.32 Å². The third-order valence-electron chi connectivity index (χ3n) is 5.56. The summed E-state index contributed by atoms with van der Waals surface area (Å²) in [4.78, 5) is 25.7. The molecule has 2 amide bonds. The van der Waals surface area contributed by atoms with E-state index in [4.69, 9.17) is 4.74 Å². The number of alkyl carbamates (subject to hydrolysis) is 1. The van der Waals surface area contributed by atoms with Gasteiger partial charge in [0.2, 0.25) is 5.91 Å². The van der Waals surface area contributed by atoms with Crippen LogP contribution in [0.15, 0.2) is 102 Å². The smallest absolute Gasteiger partial charge is 0.407 e. The van der Waals surface area contributed by atoms with Gasteiger partial charge in [0.1, 0.15) is 6.04 Å². The molecule has 0 heterocycles. The molecule has 0 radical (unpaired) electrons. The predicted molar refractivity (Wildman–Crippen MR) is 151 cm³/mol. The molecular weight excluding hydrogens is 536 g/mol. The van der Waals surface area contributed by atoms with Gasteiger partial charge in [0, 0.05) is 28.1 Å². The Morgan fingerprint density at radius 1 is 0.833 bits per heavy atom. The Hall–Kier alpha value is -3.29. The van der Waals surface area contributed by atoms with Crippen LogP contribution in [-0.2, 0) is 21.7 Å². The maximum Gasteiger partial charge on any atom is 0.407 e. The minimum Gasteiger partial charge on any atom is -0.449 e. The summed E-state index contributed by atoms with van der Waals surface area (Å²) in [7, 11) is 0. The SMILES string of the molecule is O=C(NC(CSCc1ccccc1)C(=O)Nc1ccc2ccccc2c1)OCCc1ccc(Br)cc1. The fraction of sp³-hybridized carbons (Fsp3) is 0.172. The lowest BCUT2D eigenvalue weighted by Gasteiger charge is -2.18. The van der Waals surface area contributed by atoms with E-state index >= 15 is 0 Å². The van der Waals surface area contributed by atoms with Crippen LogP contribution in [-0.4, -0.2) is 30.4 Å². The van der Waals surface area contributed by atoms with Crippen molar-refractivity contribution < 1.29 is 14.3 Å². The van der Waals surface area contributed by atoms with Crippen LogP contribution in [0.3, 0.4) is 0 Å². The third kappa shape index (κ3) is 7.86. The Morgan fingerprint density at radius 3 is 2.33 bits per heavy atom. The largest absolute Gasteiger partial charge is 0.449 e. The van der Waals surface area contributed by atoms with Gasteiger partial charge in [-0.1, -0.05) is 88.7 Å². The quantitative estimate of drug-likeness (QED) is 0.223. The lowest BCUT2D eigenvalue weighted by Crippen LogP contribution is -2.45. The van der Waals surface area contributed by atoms with Crippen molar-refractivity contribution in [2.24, 2.45) is 0 Å². The maximum absolute atomic E-state index is 13.2. The van der Waals surface area contributed by atoms with Crippen LogP contribution >= 0.6 is 27.7 Å². The third-order valence-corrected chi connectivity index (χ3v) is 7.19. The first-order valence-electron chi connectivity index (χ1n) is 11.7. The van der Waals surface area contributed by atoms with Gasteiger partial charge in [-0.2, -0.15) is 11.8 Å². The average Bonchev–Trinajstić information content (AvgIpc) is 2.90. The highest BCUT2D eigenvalue weighted by molar-refractivity contribution is 9.10. The fourth-order valence-electron chi connectivity index (χ4n) is 3.64. The zero-order valence-corrected chi connectivity index (χ0v) is 22.1. The van der Waals surface area contributed by atoms with Crippen LogP contribution < -0.4 is 10.6 Å². The van der Waals surface area contributed by atoms with Gasteiger partial charge in [-0.25, -0.2) is 4.79 Å². The molecule has 0 spiro atoms. The molecule has 0 aromatic heterocycles. The van der Waals surface area contributed by atoms with E-state index in [-0.39, 0.29) is 12.5 Å². The Morgan fingerprint density at radius 2 is 1.56 bits per heavy atom. The van der Waals surface area contributed by atoms with E-state index in [1.807, 2.05) is 97.1 Å². The van der Waals surface area contributed by atoms with Crippen LogP contribution in [0.4, 0.5) is 10.5 Å².